The summed E-state index contributed by atoms with van der Waals surface area (Å²) in [6.45, 7) is 1.59. The zero-order chi connectivity index (χ0) is 23.6. The van der Waals surface area contributed by atoms with Crippen LogP contribution < -0.4 is 14.9 Å². The van der Waals surface area contributed by atoms with E-state index in [1.807, 2.05) is 18.2 Å². The highest BCUT2D eigenvalue weighted by molar-refractivity contribution is 7.07. The van der Waals surface area contributed by atoms with Crippen molar-refractivity contribution in [2.45, 2.75) is 19.0 Å². The van der Waals surface area contributed by atoms with Crippen molar-refractivity contribution in [1.29, 1.82) is 0 Å². The maximum Gasteiger partial charge on any atom is 0.325 e. The van der Waals surface area contributed by atoms with E-state index in [2.05, 4.69) is 10.3 Å². The van der Waals surface area contributed by atoms with Gasteiger partial charge in [-0.15, -0.1) is 11.3 Å². The lowest BCUT2D eigenvalue weighted by atomic mass is 9.92. The molecule has 2 aromatic carbocycles. The molecule has 4 rings (SSSR count). The number of hydrogen-bond donors (Lipinski definition) is 1. The van der Waals surface area contributed by atoms with Gasteiger partial charge in [0, 0.05) is 16.6 Å². The maximum absolute atomic E-state index is 13.1. The number of nitrogens with zero attached hydrogens (tertiary/aromatic N) is 3. The molecular weight excluding hydrogens is 464 g/mol. The highest BCUT2D eigenvalue weighted by atomic mass is 35.5. The number of nitrogens with one attached hydrogen (secondary N) is 1. The number of ether oxygens (including phenoxy) is 1. The fourth-order valence-electron chi connectivity index (χ4n) is 3.56. The van der Waals surface area contributed by atoms with Gasteiger partial charge < -0.3 is 14.6 Å². The molecule has 1 N–H and O–H groups in total. The molecule has 0 radical (unpaired) electrons. The molecule has 1 atom stereocenters. The number of carbonyl (C=O) groups excluding carboxylic acids is 3. The van der Waals surface area contributed by atoms with E-state index in [0.29, 0.717) is 27.7 Å². The number of carbonyl (C=O) groups is 3. The standard InChI is InChI=1S/C23H21ClN4O4S/c1-23(16-7-9-17(32-2)10-8-16)20(30)28(21(31)26-23)14-19(29)25-22-27(11-12-33-22)13-15-5-3-4-6-18(15)24/h3-12H,13-14H2,1-2H3,(H,26,31). The molecule has 0 bridgehead atoms. The zero-order valence-electron chi connectivity index (χ0n) is 17.9. The Balaban J connectivity index is 1.52. The molecule has 3 aromatic rings. The molecule has 2 heterocycles. The number of hydrogen-bond acceptors (Lipinski definition) is 5. The molecule has 0 saturated carbocycles. The average Bonchev–Trinajstić information content (AvgIpc) is 3.32. The Hall–Kier alpha value is -3.43. The second-order valence-corrected chi connectivity index (χ2v) is 8.87. The minimum Gasteiger partial charge on any atom is -0.497 e. The molecule has 170 valence electrons. The van der Waals surface area contributed by atoms with Crippen LogP contribution in [0.15, 0.2) is 65.1 Å². The molecule has 1 aromatic heterocycles. The number of methoxy groups -OCH3 is 1. The Morgan fingerprint density at radius 1 is 1.18 bits per heavy atom. The van der Waals surface area contributed by atoms with E-state index in [1.54, 1.807) is 60.5 Å². The first-order chi connectivity index (χ1) is 15.8. The Kier molecular flexibility index (Phi) is 6.35. The largest absolute Gasteiger partial charge is 0.497 e. The van der Waals surface area contributed by atoms with E-state index in [9.17, 15) is 14.4 Å². The van der Waals surface area contributed by atoms with Crippen molar-refractivity contribution in [2.75, 3.05) is 13.7 Å². The van der Waals surface area contributed by atoms with Crippen LogP contribution in [-0.4, -0.2) is 41.0 Å². The van der Waals surface area contributed by atoms with Gasteiger partial charge in [-0.2, -0.15) is 4.99 Å². The summed E-state index contributed by atoms with van der Waals surface area (Å²) >= 11 is 7.51. The van der Waals surface area contributed by atoms with Gasteiger partial charge in [0.25, 0.3) is 11.8 Å². The molecule has 4 amide bonds. The van der Waals surface area contributed by atoms with Crippen molar-refractivity contribution in [3.8, 4) is 5.75 Å². The van der Waals surface area contributed by atoms with Crippen LogP contribution >= 0.6 is 22.9 Å². The molecule has 0 spiro atoms. The number of benzene rings is 2. The smallest absolute Gasteiger partial charge is 0.325 e. The van der Waals surface area contributed by atoms with Gasteiger partial charge >= 0.3 is 6.03 Å². The van der Waals surface area contributed by atoms with Gasteiger partial charge in [-0.3, -0.25) is 14.5 Å². The molecule has 1 fully saturated rings. The Bertz CT molecular complexity index is 1280. The van der Waals surface area contributed by atoms with Gasteiger partial charge in [0.2, 0.25) is 0 Å². The highest BCUT2D eigenvalue weighted by Gasteiger charge is 2.49. The van der Waals surface area contributed by atoms with E-state index >= 15 is 0 Å². The van der Waals surface area contributed by atoms with Gasteiger partial charge in [-0.1, -0.05) is 41.9 Å². The first-order valence-electron chi connectivity index (χ1n) is 10.1. The summed E-state index contributed by atoms with van der Waals surface area (Å²) in [5.41, 5.74) is 0.191. The minimum absolute atomic E-state index is 0.438. The number of rotatable bonds is 6. The lowest BCUT2D eigenvalue weighted by Crippen LogP contribution is -2.41. The van der Waals surface area contributed by atoms with Crippen LogP contribution in [0.2, 0.25) is 5.02 Å². The van der Waals surface area contributed by atoms with Crippen molar-refractivity contribution in [1.82, 2.24) is 14.8 Å². The first-order valence-corrected chi connectivity index (χ1v) is 11.3. The third-order valence-corrected chi connectivity index (χ3v) is 6.58. The van der Waals surface area contributed by atoms with Crippen LogP contribution in [0.1, 0.15) is 18.1 Å². The highest BCUT2D eigenvalue weighted by Crippen LogP contribution is 2.30. The van der Waals surface area contributed by atoms with Crippen molar-refractivity contribution >= 4 is 40.8 Å². The third-order valence-electron chi connectivity index (χ3n) is 5.41. The van der Waals surface area contributed by atoms with Crippen molar-refractivity contribution in [3.63, 3.8) is 0 Å². The summed E-state index contributed by atoms with van der Waals surface area (Å²) in [5.74, 6) is -0.491. The van der Waals surface area contributed by atoms with E-state index < -0.39 is 29.9 Å². The monoisotopic (exact) mass is 484 g/mol. The minimum atomic E-state index is -1.28. The molecule has 1 aliphatic rings. The Labute approximate surface area is 199 Å². The SMILES string of the molecule is COc1ccc(C2(C)NC(=O)N(CC(=O)N=c3sccn3Cc3ccccc3Cl)C2=O)cc1. The quantitative estimate of drug-likeness (QED) is 0.544. The topological polar surface area (TPSA) is 93.0 Å². The summed E-state index contributed by atoms with van der Waals surface area (Å²) in [4.78, 5) is 43.8. The van der Waals surface area contributed by atoms with Gasteiger partial charge in [0.05, 0.1) is 13.7 Å². The summed E-state index contributed by atoms with van der Waals surface area (Å²) in [6.07, 6.45) is 1.80. The number of halogens is 1. The summed E-state index contributed by atoms with van der Waals surface area (Å²) < 4.78 is 6.93. The van der Waals surface area contributed by atoms with Crippen LogP contribution in [0.25, 0.3) is 0 Å². The Morgan fingerprint density at radius 2 is 1.91 bits per heavy atom. The van der Waals surface area contributed by atoms with Crippen LogP contribution in [0.5, 0.6) is 5.75 Å². The van der Waals surface area contributed by atoms with Crippen LogP contribution in [0.3, 0.4) is 0 Å². The van der Waals surface area contributed by atoms with Gasteiger partial charge in [0.1, 0.15) is 17.8 Å². The van der Waals surface area contributed by atoms with E-state index in [4.69, 9.17) is 16.3 Å². The van der Waals surface area contributed by atoms with Gasteiger partial charge in [-0.05, 0) is 36.2 Å². The molecule has 10 heteroatoms. The zero-order valence-corrected chi connectivity index (χ0v) is 19.5. The van der Waals surface area contributed by atoms with Crippen molar-refractivity contribution in [2.24, 2.45) is 4.99 Å². The fourth-order valence-corrected chi connectivity index (χ4v) is 4.50. The molecule has 8 nitrogen and oxygen atoms in total. The van der Waals surface area contributed by atoms with E-state index in [-0.39, 0.29) is 0 Å². The van der Waals surface area contributed by atoms with Crippen LogP contribution in [0.4, 0.5) is 4.79 Å². The number of thiazole rings is 1. The predicted molar refractivity (Wildman–Crippen MR) is 124 cm³/mol. The molecular formula is C23H21ClN4O4S. The number of urea groups is 1. The molecule has 33 heavy (non-hydrogen) atoms. The fraction of sp³-hybridized carbons (Fsp3) is 0.217. The predicted octanol–water partition coefficient (Wildman–Crippen LogP) is 3.15. The lowest BCUT2D eigenvalue weighted by Gasteiger charge is -2.22. The second kappa shape index (κ2) is 9.21. The molecule has 0 aliphatic carbocycles. The van der Waals surface area contributed by atoms with E-state index in [1.165, 1.54) is 11.3 Å². The second-order valence-electron chi connectivity index (χ2n) is 7.59. The summed E-state index contributed by atoms with van der Waals surface area (Å²) in [6, 6.07) is 13.6. The van der Waals surface area contributed by atoms with E-state index in [0.717, 1.165) is 10.5 Å². The molecule has 1 saturated heterocycles. The van der Waals surface area contributed by atoms with Gasteiger partial charge in [0.15, 0.2) is 4.80 Å². The van der Waals surface area contributed by atoms with Gasteiger partial charge in [-0.25, -0.2) is 4.79 Å². The van der Waals surface area contributed by atoms with Crippen LogP contribution in [0, 0.1) is 0 Å². The van der Waals surface area contributed by atoms with Crippen LogP contribution in [-0.2, 0) is 21.7 Å². The summed E-state index contributed by atoms with van der Waals surface area (Å²) in [7, 11) is 1.54. The Morgan fingerprint density at radius 3 is 2.61 bits per heavy atom. The molecule has 1 aliphatic heterocycles. The third kappa shape index (κ3) is 4.55. The average molecular weight is 485 g/mol. The number of imide groups is 1. The number of aromatic nitrogens is 1. The molecule has 1 unspecified atom stereocenters. The van der Waals surface area contributed by atoms with Crippen molar-refractivity contribution in [3.05, 3.63) is 81.1 Å². The normalized spacial score (nSPS) is 18.5. The maximum atomic E-state index is 13.1. The van der Waals surface area contributed by atoms with Crippen molar-refractivity contribution < 1.29 is 19.1 Å². The lowest BCUT2D eigenvalue weighted by molar-refractivity contribution is -0.134. The first kappa shape index (κ1) is 22.8. The number of amides is 4. The summed E-state index contributed by atoms with van der Waals surface area (Å²) in [5, 5.41) is 5.10.